The zero-order valence-electron chi connectivity index (χ0n) is 22.3. The number of benzene rings is 2. The molecular weight excluding hydrogens is 584 g/mol. The van der Waals surface area contributed by atoms with E-state index in [9.17, 15) is 19.1 Å². The number of halogens is 2. The molecule has 202 valence electrons. The van der Waals surface area contributed by atoms with Gasteiger partial charge >= 0.3 is 0 Å². The van der Waals surface area contributed by atoms with Crippen LogP contribution in [0.3, 0.4) is 0 Å². The molecule has 1 unspecified atom stereocenters. The van der Waals surface area contributed by atoms with Crippen molar-refractivity contribution >= 4 is 34.4 Å². The molecule has 2 aromatic carbocycles. The van der Waals surface area contributed by atoms with Crippen molar-refractivity contribution < 1.29 is 19.1 Å². The van der Waals surface area contributed by atoms with Crippen molar-refractivity contribution in [2.24, 2.45) is 0 Å². The molecule has 3 rings (SSSR count). The molecule has 0 aromatic heterocycles. The van der Waals surface area contributed by atoms with Gasteiger partial charge in [-0.3, -0.25) is 9.59 Å². The number of nitrogens with one attached hydrogen (secondary N) is 1. The molecule has 37 heavy (non-hydrogen) atoms. The molecule has 0 spiro atoms. The van der Waals surface area contributed by atoms with Crippen molar-refractivity contribution in [3.8, 4) is 0 Å². The molecule has 0 radical (unpaired) electrons. The number of aliphatic hydroxyl groups excluding tert-OH is 1. The first-order chi connectivity index (χ1) is 17.6. The molecule has 2 amide bonds. The van der Waals surface area contributed by atoms with Crippen LogP contribution in [0.4, 0.5) is 4.39 Å². The summed E-state index contributed by atoms with van der Waals surface area (Å²) in [6.45, 7) is 10.6. The van der Waals surface area contributed by atoms with E-state index in [0.29, 0.717) is 12.0 Å². The van der Waals surface area contributed by atoms with Crippen molar-refractivity contribution in [3.05, 3.63) is 68.5 Å². The van der Waals surface area contributed by atoms with Gasteiger partial charge in [0.15, 0.2) is 0 Å². The summed E-state index contributed by atoms with van der Waals surface area (Å²) in [7, 11) is 0. The molecule has 2 N–H and O–H groups in total. The second kappa shape index (κ2) is 13.2. The molecule has 6 nitrogen and oxygen atoms in total. The topological polar surface area (TPSA) is 72.9 Å². The Labute approximate surface area is 233 Å². The van der Waals surface area contributed by atoms with Crippen LogP contribution in [0.1, 0.15) is 62.8 Å². The monoisotopic (exact) mass is 623 g/mol. The van der Waals surface area contributed by atoms with E-state index in [4.69, 9.17) is 0 Å². The van der Waals surface area contributed by atoms with E-state index >= 15 is 0 Å². The van der Waals surface area contributed by atoms with Gasteiger partial charge in [-0.25, -0.2) is 4.39 Å². The third-order valence-electron chi connectivity index (χ3n) is 7.73. The van der Waals surface area contributed by atoms with E-state index in [1.807, 2.05) is 37.8 Å². The Balaban J connectivity index is 1.77. The molecule has 1 aliphatic rings. The Kier molecular flexibility index (Phi) is 10.5. The predicted octanol–water partition coefficient (Wildman–Crippen LogP) is 4.57. The van der Waals surface area contributed by atoms with Crippen LogP contribution in [0.25, 0.3) is 0 Å². The Morgan fingerprint density at radius 1 is 1.22 bits per heavy atom. The molecule has 1 fully saturated rings. The number of rotatable bonds is 10. The summed E-state index contributed by atoms with van der Waals surface area (Å²) in [4.78, 5) is 30.1. The van der Waals surface area contributed by atoms with E-state index in [1.54, 1.807) is 19.1 Å². The van der Waals surface area contributed by atoms with E-state index in [-0.39, 0.29) is 30.3 Å². The molecule has 1 aliphatic heterocycles. The van der Waals surface area contributed by atoms with Crippen molar-refractivity contribution in [1.82, 2.24) is 15.1 Å². The van der Waals surface area contributed by atoms with Gasteiger partial charge in [0.05, 0.1) is 18.1 Å². The number of piperidine rings is 1. The number of aliphatic hydroxyl groups is 1. The first kappa shape index (κ1) is 29.5. The lowest BCUT2D eigenvalue weighted by Gasteiger charge is -2.39. The third-order valence-corrected chi connectivity index (χ3v) is 8.94. The Hall–Kier alpha value is -2.04. The van der Waals surface area contributed by atoms with Gasteiger partial charge in [0.25, 0.3) is 0 Å². The maximum atomic E-state index is 13.8. The van der Waals surface area contributed by atoms with Gasteiger partial charge < -0.3 is 20.2 Å². The minimum absolute atomic E-state index is 0.124. The number of carbonyl (C=O) groups is 2. The van der Waals surface area contributed by atoms with Crippen molar-refractivity contribution in [1.29, 1.82) is 0 Å². The number of amides is 2. The van der Waals surface area contributed by atoms with Crippen molar-refractivity contribution in [2.45, 2.75) is 64.5 Å². The number of carbonyl (C=O) groups excluding carboxylic acids is 2. The van der Waals surface area contributed by atoms with Crippen LogP contribution in [-0.2, 0) is 15.0 Å². The van der Waals surface area contributed by atoms with Crippen LogP contribution in [0.2, 0.25) is 0 Å². The van der Waals surface area contributed by atoms with Gasteiger partial charge in [0.1, 0.15) is 5.82 Å². The molecule has 2 atom stereocenters. The van der Waals surface area contributed by atoms with Crippen LogP contribution in [0.15, 0.2) is 42.5 Å². The number of likely N-dealkylation sites (tertiary alicyclic amines) is 1. The smallest absolute Gasteiger partial charge is 0.230 e. The maximum absolute atomic E-state index is 13.8. The second-order valence-electron chi connectivity index (χ2n) is 10.2. The lowest BCUT2D eigenvalue weighted by molar-refractivity contribution is -0.132. The van der Waals surface area contributed by atoms with Gasteiger partial charge in [0, 0.05) is 36.2 Å². The normalized spacial score (nSPS) is 17.2. The van der Waals surface area contributed by atoms with Crippen LogP contribution in [0.5, 0.6) is 0 Å². The second-order valence-corrected chi connectivity index (χ2v) is 11.3. The maximum Gasteiger partial charge on any atom is 0.230 e. The number of hydrogen-bond acceptors (Lipinski definition) is 4. The fraction of sp³-hybridized carbons (Fsp3) is 0.517. The van der Waals surface area contributed by atoms with Gasteiger partial charge in [0.2, 0.25) is 11.8 Å². The standard InChI is InChI=1S/C29H39FIN3O3/c1-5-34(21(3)36)25-12-15-33(16-13-25)17-14-29(4,23-8-11-26(31)20(2)18-23)28(37)32-27(19-35)22-6-9-24(30)10-7-22/h6-11,18,25,27,35H,5,12-17,19H2,1-4H3,(H,32,37)/t27-,29?/m0/s1. The fourth-order valence-electron chi connectivity index (χ4n) is 5.20. The SMILES string of the molecule is CCN(C(C)=O)C1CCN(CCC(C)(C(=O)N[C@@H](CO)c2ccc(F)cc2)c2ccc(I)c(C)c2)CC1. The highest BCUT2D eigenvalue weighted by atomic mass is 127. The van der Waals surface area contributed by atoms with Crippen LogP contribution < -0.4 is 5.32 Å². The van der Waals surface area contributed by atoms with Gasteiger partial charge in [-0.1, -0.05) is 24.3 Å². The summed E-state index contributed by atoms with van der Waals surface area (Å²) in [5.41, 5.74) is 1.88. The zero-order chi connectivity index (χ0) is 27.2. The molecule has 0 saturated carbocycles. The highest BCUT2D eigenvalue weighted by Crippen LogP contribution is 2.32. The Morgan fingerprint density at radius 3 is 2.41 bits per heavy atom. The van der Waals surface area contributed by atoms with E-state index < -0.39 is 11.5 Å². The van der Waals surface area contributed by atoms with Crippen LogP contribution in [0, 0.1) is 16.3 Å². The molecule has 2 aromatic rings. The molecule has 0 aliphatic carbocycles. The van der Waals surface area contributed by atoms with Gasteiger partial charge in [-0.2, -0.15) is 0 Å². The summed E-state index contributed by atoms with van der Waals surface area (Å²) in [6, 6.07) is 11.6. The molecule has 1 heterocycles. The Morgan fingerprint density at radius 2 is 1.86 bits per heavy atom. The summed E-state index contributed by atoms with van der Waals surface area (Å²) in [5, 5.41) is 13.1. The van der Waals surface area contributed by atoms with E-state index in [2.05, 4.69) is 38.9 Å². The summed E-state index contributed by atoms with van der Waals surface area (Å²) in [5.74, 6) is -0.404. The van der Waals surface area contributed by atoms with Gasteiger partial charge in [-0.05, 0) is 104 Å². The summed E-state index contributed by atoms with van der Waals surface area (Å²) in [6.07, 6.45) is 2.46. The molecule has 1 saturated heterocycles. The van der Waals surface area contributed by atoms with Crippen LogP contribution >= 0.6 is 22.6 Å². The number of aryl methyl sites for hydroxylation is 1. The molecule has 0 bridgehead atoms. The van der Waals surface area contributed by atoms with Gasteiger partial charge in [-0.15, -0.1) is 0 Å². The number of hydrogen-bond donors (Lipinski definition) is 2. The van der Waals surface area contributed by atoms with Crippen molar-refractivity contribution in [3.63, 3.8) is 0 Å². The molecule has 8 heteroatoms. The zero-order valence-corrected chi connectivity index (χ0v) is 24.4. The first-order valence-corrected chi connectivity index (χ1v) is 14.1. The van der Waals surface area contributed by atoms with Crippen molar-refractivity contribution in [2.75, 3.05) is 32.8 Å². The highest BCUT2D eigenvalue weighted by Gasteiger charge is 2.37. The fourth-order valence-corrected chi connectivity index (χ4v) is 5.53. The molecular formula is C29H39FIN3O3. The van der Waals surface area contributed by atoms with Crippen LogP contribution in [-0.4, -0.2) is 65.5 Å². The Bertz CT molecular complexity index is 1070. The van der Waals surface area contributed by atoms with E-state index in [1.165, 1.54) is 12.1 Å². The predicted molar refractivity (Wildman–Crippen MR) is 153 cm³/mol. The largest absolute Gasteiger partial charge is 0.394 e. The lowest BCUT2D eigenvalue weighted by atomic mass is 9.77. The average Bonchev–Trinajstić information content (AvgIpc) is 2.88. The van der Waals surface area contributed by atoms with E-state index in [0.717, 1.165) is 53.7 Å². The number of nitrogens with zero attached hydrogens (tertiary/aromatic N) is 2. The quantitative estimate of drug-likeness (QED) is 0.381. The summed E-state index contributed by atoms with van der Waals surface area (Å²) >= 11 is 2.29. The first-order valence-electron chi connectivity index (χ1n) is 13.0. The third kappa shape index (κ3) is 7.29. The average molecular weight is 624 g/mol. The lowest BCUT2D eigenvalue weighted by Crippen LogP contribution is -2.49. The minimum Gasteiger partial charge on any atom is -0.394 e. The highest BCUT2D eigenvalue weighted by molar-refractivity contribution is 14.1. The summed E-state index contributed by atoms with van der Waals surface area (Å²) < 4.78 is 14.6. The minimum atomic E-state index is -0.825.